The lowest BCUT2D eigenvalue weighted by Gasteiger charge is -2.12. The van der Waals surface area contributed by atoms with Gasteiger partial charge >= 0.3 is 0 Å². The lowest BCUT2D eigenvalue weighted by molar-refractivity contribution is 0.560. The molecule has 0 aromatic heterocycles. The van der Waals surface area contributed by atoms with Crippen LogP contribution in [-0.4, -0.2) is 15.0 Å². The van der Waals surface area contributed by atoms with Crippen molar-refractivity contribution in [3.8, 4) is 0 Å². The van der Waals surface area contributed by atoms with E-state index in [4.69, 9.17) is 5.73 Å². The van der Waals surface area contributed by atoms with Gasteiger partial charge in [0.1, 0.15) is 4.90 Å². The topological polar surface area (TPSA) is 72.2 Å². The molecule has 0 bridgehead atoms. The number of aryl methyl sites for hydroxylation is 2. The first-order chi connectivity index (χ1) is 7.74. The second-order valence-electron chi connectivity index (χ2n) is 4.72. The van der Waals surface area contributed by atoms with E-state index in [0.717, 1.165) is 11.1 Å². The third-order valence-electron chi connectivity index (χ3n) is 2.60. The molecule has 0 saturated heterocycles. The van der Waals surface area contributed by atoms with Crippen molar-refractivity contribution >= 4 is 15.7 Å². The molecule has 0 spiro atoms. The second-order valence-corrected chi connectivity index (χ2v) is 6.46. The molecule has 4 nitrogen and oxygen atoms in total. The van der Waals surface area contributed by atoms with Gasteiger partial charge in [-0.05, 0) is 43.0 Å². The SMILES string of the molecule is Cc1cc(N)c(S(=O)(=O)NCC(C)C)cc1C. The van der Waals surface area contributed by atoms with Crippen molar-refractivity contribution in [2.24, 2.45) is 5.92 Å². The van der Waals surface area contributed by atoms with Gasteiger partial charge in [-0.1, -0.05) is 13.8 Å². The summed E-state index contributed by atoms with van der Waals surface area (Å²) in [5.74, 6) is 0.262. The first-order valence-corrected chi connectivity index (χ1v) is 7.08. The predicted molar refractivity (Wildman–Crippen MR) is 70.4 cm³/mol. The smallest absolute Gasteiger partial charge is 0.242 e. The molecule has 0 saturated carbocycles. The third-order valence-corrected chi connectivity index (χ3v) is 4.08. The minimum atomic E-state index is -3.50. The molecule has 0 aliphatic rings. The maximum Gasteiger partial charge on any atom is 0.242 e. The van der Waals surface area contributed by atoms with Crippen molar-refractivity contribution in [3.63, 3.8) is 0 Å². The molecule has 96 valence electrons. The fraction of sp³-hybridized carbons (Fsp3) is 0.500. The van der Waals surface area contributed by atoms with E-state index in [9.17, 15) is 8.42 Å². The Morgan fingerprint density at radius 1 is 1.24 bits per heavy atom. The quantitative estimate of drug-likeness (QED) is 0.807. The highest BCUT2D eigenvalue weighted by molar-refractivity contribution is 7.89. The van der Waals surface area contributed by atoms with Crippen LogP contribution < -0.4 is 10.5 Å². The standard InChI is InChI=1S/C12H20N2O2S/c1-8(2)7-14-17(15,16)12-6-10(4)9(3)5-11(12)13/h5-6,8,14H,7,13H2,1-4H3. The Bertz CT molecular complexity index is 507. The van der Waals surface area contributed by atoms with Crippen LogP contribution in [0, 0.1) is 19.8 Å². The monoisotopic (exact) mass is 256 g/mol. The van der Waals surface area contributed by atoms with Crippen molar-refractivity contribution in [2.75, 3.05) is 12.3 Å². The predicted octanol–water partition coefficient (Wildman–Crippen LogP) is 1.82. The molecule has 0 heterocycles. The van der Waals surface area contributed by atoms with Crippen LogP contribution in [0.1, 0.15) is 25.0 Å². The summed E-state index contributed by atoms with van der Waals surface area (Å²) >= 11 is 0. The van der Waals surface area contributed by atoms with Gasteiger partial charge in [-0.3, -0.25) is 0 Å². The van der Waals surface area contributed by atoms with E-state index in [-0.39, 0.29) is 10.8 Å². The Morgan fingerprint density at radius 3 is 2.29 bits per heavy atom. The Morgan fingerprint density at radius 2 is 1.76 bits per heavy atom. The van der Waals surface area contributed by atoms with Gasteiger partial charge in [-0.15, -0.1) is 0 Å². The van der Waals surface area contributed by atoms with Crippen LogP contribution in [-0.2, 0) is 10.0 Å². The van der Waals surface area contributed by atoms with Gasteiger partial charge in [0, 0.05) is 6.54 Å². The molecular weight excluding hydrogens is 236 g/mol. The molecule has 0 amide bonds. The number of nitrogen functional groups attached to an aromatic ring is 1. The van der Waals surface area contributed by atoms with E-state index in [1.165, 1.54) is 0 Å². The molecule has 0 aliphatic heterocycles. The molecule has 17 heavy (non-hydrogen) atoms. The maximum absolute atomic E-state index is 12.0. The molecular formula is C12H20N2O2S. The van der Waals surface area contributed by atoms with Gasteiger partial charge in [0.25, 0.3) is 0 Å². The van der Waals surface area contributed by atoms with Gasteiger partial charge in [0.05, 0.1) is 5.69 Å². The van der Waals surface area contributed by atoms with Crippen LogP contribution in [0.5, 0.6) is 0 Å². The minimum Gasteiger partial charge on any atom is -0.398 e. The Kier molecular flexibility index (Phi) is 4.16. The highest BCUT2D eigenvalue weighted by Crippen LogP contribution is 2.22. The number of hydrogen-bond donors (Lipinski definition) is 2. The molecule has 0 atom stereocenters. The highest BCUT2D eigenvalue weighted by atomic mass is 32.2. The summed E-state index contributed by atoms with van der Waals surface area (Å²) < 4.78 is 26.6. The van der Waals surface area contributed by atoms with E-state index in [1.54, 1.807) is 12.1 Å². The number of rotatable bonds is 4. The van der Waals surface area contributed by atoms with Crippen molar-refractivity contribution in [3.05, 3.63) is 23.3 Å². The molecule has 0 fully saturated rings. The van der Waals surface area contributed by atoms with Crippen molar-refractivity contribution in [2.45, 2.75) is 32.6 Å². The third kappa shape index (κ3) is 3.44. The Labute approximate surface area is 103 Å². The fourth-order valence-electron chi connectivity index (χ4n) is 1.40. The van der Waals surface area contributed by atoms with Crippen LogP contribution in [0.4, 0.5) is 5.69 Å². The van der Waals surface area contributed by atoms with Crippen molar-refractivity contribution < 1.29 is 8.42 Å². The molecule has 1 aromatic carbocycles. The first kappa shape index (κ1) is 14.0. The molecule has 0 radical (unpaired) electrons. The van der Waals surface area contributed by atoms with E-state index < -0.39 is 10.0 Å². The summed E-state index contributed by atoms with van der Waals surface area (Å²) in [6, 6.07) is 3.31. The molecule has 3 N–H and O–H groups in total. The van der Waals surface area contributed by atoms with Crippen LogP contribution in [0.15, 0.2) is 17.0 Å². The van der Waals surface area contributed by atoms with Crippen LogP contribution in [0.2, 0.25) is 0 Å². The Balaban J connectivity index is 3.11. The molecule has 1 rings (SSSR count). The number of nitrogens with one attached hydrogen (secondary N) is 1. The first-order valence-electron chi connectivity index (χ1n) is 5.60. The van der Waals surface area contributed by atoms with Gasteiger partial charge in [0.15, 0.2) is 0 Å². The summed E-state index contributed by atoms with van der Waals surface area (Å²) in [6.45, 7) is 8.09. The van der Waals surface area contributed by atoms with E-state index in [2.05, 4.69) is 4.72 Å². The van der Waals surface area contributed by atoms with E-state index >= 15 is 0 Å². The van der Waals surface area contributed by atoms with Gasteiger partial charge in [0.2, 0.25) is 10.0 Å². The Hall–Kier alpha value is -1.07. The summed E-state index contributed by atoms with van der Waals surface area (Å²) in [7, 11) is -3.50. The number of sulfonamides is 1. The van der Waals surface area contributed by atoms with Gasteiger partial charge in [-0.25, -0.2) is 13.1 Å². The maximum atomic E-state index is 12.0. The van der Waals surface area contributed by atoms with E-state index in [0.29, 0.717) is 12.2 Å². The van der Waals surface area contributed by atoms with Crippen molar-refractivity contribution in [1.82, 2.24) is 4.72 Å². The minimum absolute atomic E-state index is 0.168. The number of hydrogen-bond acceptors (Lipinski definition) is 3. The zero-order chi connectivity index (χ0) is 13.2. The highest BCUT2D eigenvalue weighted by Gasteiger charge is 2.18. The summed E-state index contributed by atoms with van der Waals surface area (Å²) in [5.41, 5.74) is 7.97. The average Bonchev–Trinajstić information content (AvgIpc) is 2.20. The van der Waals surface area contributed by atoms with Crippen LogP contribution in [0.3, 0.4) is 0 Å². The summed E-state index contributed by atoms with van der Waals surface area (Å²) in [6.07, 6.45) is 0. The zero-order valence-corrected chi connectivity index (χ0v) is 11.6. The zero-order valence-electron chi connectivity index (χ0n) is 10.7. The number of nitrogens with two attached hydrogens (primary N) is 1. The van der Waals surface area contributed by atoms with Crippen LogP contribution in [0.25, 0.3) is 0 Å². The van der Waals surface area contributed by atoms with Crippen LogP contribution >= 0.6 is 0 Å². The second kappa shape index (κ2) is 5.06. The molecule has 0 unspecified atom stereocenters. The van der Waals surface area contributed by atoms with Gasteiger partial charge in [-0.2, -0.15) is 0 Å². The molecule has 5 heteroatoms. The molecule has 0 aliphatic carbocycles. The molecule has 1 aromatic rings. The summed E-state index contributed by atoms with van der Waals surface area (Å²) in [5, 5.41) is 0. The average molecular weight is 256 g/mol. The summed E-state index contributed by atoms with van der Waals surface area (Å²) in [4.78, 5) is 0.168. The van der Waals surface area contributed by atoms with Crippen molar-refractivity contribution in [1.29, 1.82) is 0 Å². The number of anilines is 1. The largest absolute Gasteiger partial charge is 0.398 e. The fourth-order valence-corrected chi connectivity index (χ4v) is 2.81. The van der Waals surface area contributed by atoms with E-state index in [1.807, 2.05) is 27.7 Å². The number of benzene rings is 1. The lowest BCUT2D eigenvalue weighted by Crippen LogP contribution is -2.28. The normalized spacial score (nSPS) is 12.1. The van der Waals surface area contributed by atoms with Gasteiger partial charge < -0.3 is 5.73 Å². The lowest BCUT2D eigenvalue weighted by atomic mass is 10.1.